The zero-order chi connectivity index (χ0) is 21.4. The molecule has 2 saturated heterocycles. The van der Waals surface area contributed by atoms with E-state index in [4.69, 9.17) is 4.74 Å². The predicted molar refractivity (Wildman–Crippen MR) is 125 cm³/mol. The molecular weight excluding hydrogens is 386 g/mol. The number of carbonyl (C=O) groups is 1. The monoisotopic (exact) mass is 427 g/mol. The van der Waals surface area contributed by atoms with Crippen molar-refractivity contribution in [3.63, 3.8) is 0 Å². The highest BCUT2D eigenvalue weighted by molar-refractivity contribution is 5.78. The van der Waals surface area contributed by atoms with Gasteiger partial charge in [0.1, 0.15) is 0 Å². The van der Waals surface area contributed by atoms with Crippen LogP contribution < -0.4 is 5.32 Å². The lowest BCUT2D eigenvalue weighted by Crippen LogP contribution is -2.47. The Morgan fingerprint density at radius 2 is 1.65 bits per heavy atom. The summed E-state index contributed by atoms with van der Waals surface area (Å²) in [5.41, 5.74) is 1.33. The van der Waals surface area contributed by atoms with E-state index in [0.29, 0.717) is 13.1 Å². The third kappa shape index (κ3) is 6.53. The Morgan fingerprint density at radius 1 is 0.935 bits per heavy atom. The van der Waals surface area contributed by atoms with E-state index < -0.39 is 0 Å². The lowest BCUT2D eigenvalue weighted by Gasteiger charge is -2.38. The van der Waals surface area contributed by atoms with Gasteiger partial charge in [0.05, 0.1) is 6.54 Å². The number of hydrogen-bond acceptors (Lipinski definition) is 4. The summed E-state index contributed by atoms with van der Waals surface area (Å²) in [6.07, 6.45) is 10.2. The number of nitrogens with zero attached hydrogens (tertiary/aromatic N) is 2. The molecule has 3 aliphatic rings. The number of hydrogen-bond donors (Lipinski definition) is 1. The summed E-state index contributed by atoms with van der Waals surface area (Å²) >= 11 is 0. The second kappa shape index (κ2) is 11.4. The maximum Gasteiger partial charge on any atom is 0.234 e. The lowest BCUT2D eigenvalue weighted by molar-refractivity contribution is -0.122. The van der Waals surface area contributed by atoms with Crippen molar-refractivity contribution in [3.05, 3.63) is 35.9 Å². The summed E-state index contributed by atoms with van der Waals surface area (Å²) in [6.45, 7) is 8.38. The van der Waals surface area contributed by atoms with E-state index >= 15 is 0 Å². The molecule has 0 unspecified atom stereocenters. The molecular formula is C26H41N3O2. The minimum absolute atomic E-state index is 0.00471. The molecule has 1 aromatic carbocycles. The highest BCUT2D eigenvalue weighted by Crippen LogP contribution is 2.34. The fourth-order valence-electron chi connectivity index (χ4n) is 5.75. The average molecular weight is 428 g/mol. The van der Waals surface area contributed by atoms with Crippen molar-refractivity contribution in [1.82, 2.24) is 15.1 Å². The molecule has 0 spiro atoms. The molecule has 172 valence electrons. The summed E-state index contributed by atoms with van der Waals surface area (Å²) in [5, 5.41) is 3.29. The molecule has 31 heavy (non-hydrogen) atoms. The summed E-state index contributed by atoms with van der Waals surface area (Å²) in [4.78, 5) is 17.9. The van der Waals surface area contributed by atoms with Crippen molar-refractivity contribution < 1.29 is 9.53 Å². The molecule has 5 heteroatoms. The molecule has 2 aliphatic heterocycles. The van der Waals surface area contributed by atoms with E-state index in [9.17, 15) is 4.79 Å². The first-order valence-corrected chi connectivity index (χ1v) is 12.6. The van der Waals surface area contributed by atoms with E-state index in [2.05, 4.69) is 45.4 Å². The van der Waals surface area contributed by atoms with Gasteiger partial charge in [-0.1, -0.05) is 49.6 Å². The highest BCUT2D eigenvalue weighted by atomic mass is 16.5. The maximum absolute atomic E-state index is 12.8. The van der Waals surface area contributed by atoms with Gasteiger partial charge in [0.15, 0.2) is 0 Å². The van der Waals surface area contributed by atoms with Gasteiger partial charge in [-0.3, -0.25) is 9.69 Å². The first-order chi connectivity index (χ1) is 15.2. The van der Waals surface area contributed by atoms with Crippen LogP contribution in [0.3, 0.4) is 0 Å². The Balaban J connectivity index is 1.24. The molecule has 1 N–H and O–H groups in total. The number of nitrogens with one attached hydrogen (secondary N) is 1. The molecule has 3 fully saturated rings. The van der Waals surface area contributed by atoms with E-state index in [1.807, 2.05) is 0 Å². The number of amides is 1. The fourth-order valence-corrected chi connectivity index (χ4v) is 5.75. The van der Waals surface area contributed by atoms with Gasteiger partial charge in [0, 0.05) is 44.8 Å². The summed E-state index contributed by atoms with van der Waals surface area (Å²) in [5.74, 6) is 1.07. The van der Waals surface area contributed by atoms with Crippen LogP contribution in [0.15, 0.2) is 30.3 Å². The average Bonchev–Trinajstić information content (AvgIpc) is 3.04. The van der Waals surface area contributed by atoms with Gasteiger partial charge in [0.25, 0.3) is 0 Å². The highest BCUT2D eigenvalue weighted by Gasteiger charge is 2.34. The van der Waals surface area contributed by atoms with Gasteiger partial charge in [-0.05, 0) is 56.7 Å². The Kier molecular flexibility index (Phi) is 8.40. The second-order valence-corrected chi connectivity index (χ2v) is 9.97. The van der Waals surface area contributed by atoms with Crippen LogP contribution in [0.2, 0.25) is 0 Å². The normalized spacial score (nSPS) is 23.9. The molecule has 5 nitrogen and oxygen atoms in total. The van der Waals surface area contributed by atoms with Crippen LogP contribution in [-0.4, -0.2) is 74.7 Å². The minimum atomic E-state index is 0.00471. The third-order valence-electron chi connectivity index (χ3n) is 7.75. The minimum Gasteiger partial charge on any atom is -0.381 e. The van der Waals surface area contributed by atoms with Crippen LogP contribution in [0, 0.1) is 5.92 Å². The number of rotatable bonds is 7. The van der Waals surface area contributed by atoms with Crippen molar-refractivity contribution in [2.45, 2.75) is 56.8 Å². The molecule has 1 saturated carbocycles. The van der Waals surface area contributed by atoms with Gasteiger partial charge in [-0.25, -0.2) is 0 Å². The molecule has 1 aliphatic carbocycles. The number of carbonyl (C=O) groups excluding carboxylic acids is 1. The van der Waals surface area contributed by atoms with Crippen LogP contribution >= 0.6 is 0 Å². The molecule has 0 aromatic heterocycles. The Bertz CT molecular complexity index is 668. The zero-order valence-electron chi connectivity index (χ0n) is 19.2. The Hall–Kier alpha value is -1.43. The van der Waals surface area contributed by atoms with Crippen LogP contribution in [0.1, 0.15) is 56.9 Å². The van der Waals surface area contributed by atoms with Gasteiger partial charge < -0.3 is 15.0 Å². The van der Waals surface area contributed by atoms with E-state index in [1.165, 1.54) is 57.2 Å². The Morgan fingerprint density at radius 3 is 2.42 bits per heavy atom. The van der Waals surface area contributed by atoms with Gasteiger partial charge in [-0.2, -0.15) is 0 Å². The van der Waals surface area contributed by atoms with E-state index in [0.717, 1.165) is 51.6 Å². The molecule has 2 heterocycles. The first kappa shape index (κ1) is 22.8. The van der Waals surface area contributed by atoms with E-state index in [1.54, 1.807) is 0 Å². The standard InChI is InChI=1S/C26H41N3O2/c30-25(27-22-26(12-18-31-19-13-26)24-10-5-2-6-11-24)21-29-15-7-14-28(16-17-29)20-23-8-3-1-4-9-23/h2,5-6,10-11,23H,1,3-4,7-9,12-22H2,(H,27,30). The summed E-state index contributed by atoms with van der Waals surface area (Å²) < 4.78 is 5.63. The van der Waals surface area contributed by atoms with Crippen LogP contribution in [0.5, 0.6) is 0 Å². The van der Waals surface area contributed by atoms with Gasteiger partial charge >= 0.3 is 0 Å². The van der Waals surface area contributed by atoms with Crippen molar-refractivity contribution in [3.8, 4) is 0 Å². The zero-order valence-corrected chi connectivity index (χ0v) is 19.2. The van der Waals surface area contributed by atoms with Crippen molar-refractivity contribution in [1.29, 1.82) is 0 Å². The Labute approximate surface area is 188 Å². The van der Waals surface area contributed by atoms with Gasteiger partial charge in [0.2, 0.25) is 5.91 Å². The third-order valence-corrected chi connectivity index (χ3v) is 7.75. The number of benzene rings is 1. The van der Waals surface area contributed by atoms with Crippen molar-refractivity contribution >= 4 is 5.91 Å². The molecule has 1 amide bonds. The molecule has 0 atom stereocenters. The lowest BCUT2D eigenvalue weighted by atomic mass is 9.74. The quantitative estimate of drug-likeness (QED) is 0.724. The van der Waals surface area contributed by atoms with Crippen molar-refractivity contribution in [2.75, 3.05) is 59.0 Å². The molecule has 4 rings (SSSR count). The second-order valence-electron chi connectivity index (χ2n) is 9.97. The topological polar surface area (TPSA) is 44.8 Å². The predicted octanol–water partition coefficient (Wildman–Crippen LogP) is 3.44. The number of ether oxygens (including phenoxy) is 1. The maximum atomic E-state index is 12.8. The molecule has 0 radical (unpaired) electrons. The van der Waals surface area contributed by atoms with Crippen molar-refractivity contribution in [2.24, 2.45) is 5.92 Å². The van der Waals surface area contributed by atoms with Crippen LogP contribution in [0.4, 0.5) is 0 Å². The fraction of sp³-hybridized carbons (Fsp3) is 0.731. The van der Waals surface area contributed by atoms with Gasteiger partial charge in [-0.15, -0.1) is 0 Å². The summed E-state index contributed by atoms with van der Waals surface area (Å²) in [6, 6.07) is 10.7. The smallest absolute Gasteiger partial charge is 0.234 e. The molecule has 1 aromatic rings. The SMILES string of the molecule is O=C(CN1CCCN(CC2CCCCC2)CC1)NCC1(c2ccccc2)CCOCC1. The molecule has 0 bridgehead atoms. The summed E-state index contributed by atoms with van der Waals surface area (Å²) in [7, 11) is 0. The van der Waals surface area contributed by atoms with Crippen LogP contribution in [-0.2, 0) is 14.9 Å². The largest absolute Gasteiger partial charge is 0.381 e. The first-order valence-electron chi connectivity index (χ1n) is 12.6. The van der Waals surface area contributed by atoms with E-state index in [-0.39, 0.29) is 11.3 Å². The van der Waals surface area contributed by atoms with Crippen LogP contribution in [0.25, 0.3) is 0 Å².